The van der Waals surface area contributed by atoms with Gasteiger partial charge in [-0.05, 0) is 12.8 Å². The first-order valence-electron chi connectivity index (χ1n) is 5.92. The molecule has 98 valence electrons. The lowest BCUT2D eigenvalue weighted by molar-refractivity contribution is -0.384. The molecule has 1 aliphatic rings. The summed E-state index contributed by atoms with van der Waals surface area (Å²) in [4.78, 5) is 14.6. The van der Waals surface area contributed by atoms with Crippen LogP contribution in [-0.2, 0) is 0 Å². The number of ether oxygens (including phenoxy) is 1. The van der Waals surface area contributed by atoms with Crippen LogP contribution in [0.15, 0.2) is 12.1 Å². The second-order valence-corrected chi connectivity index (χ2v) is 4.14. The van der Waals surface area contributed by atoms with Gasteiger partial charge in [0.15, 0.2) is 0 Å². The summed E-state index contributed by atoms with van der Waals surface area (Å²) in [5.74, 6) is 0.598. The van der Waals surface area contributed by atoms with Crippen molar-refractivity contribution < 1.29 is 9.66 Å². The van der Waals surface area contributed by atoms with Crippen LogP contribution in [0.2, 0.25) is 0 Å². The zero-order valence-electron chi connectivity index (χ0n) is 10.3. The third kappa shape index (κ3) is 2.86. The number of hydrogen-bond donors (Lipinski definition) is 1. The van der Waals surface area contributed by atoms with Crippen LogP contribution in [0.3, 0.4) is 0 Å². The van der Waals surface area contributed by atoms with Gasteiger partial charge >= 0.3 is 5.69 Å². The zero-order valence-corrected chi connectivity index (χ0v) is 10.3. The molecule has 7 nitrogen and oxygen atoms in total. The number of aromatic nitrogens is 1. The molecule has 1 aliphatic heterocycles. The monoisotopic (exact) mass is 252 g/mol. The van der Waals surface area contributed by atoms with Crippen LogP contribution in [0.5, 0.6) is 5.88 Å². The lowest BCUT2D eigenvalue weighted by Crippen LogP contribution is -2.35. The number of anilines is 1. The average molecular weight is 252 g/mol. The highest BCUT2D eigenvalue weighted by Crippen LogP contribution is 2.25. The standard InChI is InChI=1S/C11H16N4O3/c1-18-10-6-5-9(15(16)17)11(12-10)13-14-7-3-2-4-8-14/h5-6H,2-4,7-8H2,1H3,(H,12,13). The fourth-order valence-electron chi connectivity index (χ4n) is 1.93. The van der Waals surface area contributed by atoms with Gasteiger partial charge in [-0.15, -0.1) is 0 Å². The topological polar surface area (TPSA) is 80.5 Å². The number of piperidine rings is 1. The number of nitrogens with zero attached hydrogens (tertiary/aromatic N) is 3. The van der Waals surface area contributed by atoms with E-state index >= 15 is 0 Å². The van der Waals surface area contributed by atoms with Gasteiger partial charge in [0.25, 0.3) is 0 Å². The third-order valence-corrected chi connectivity index (χ3v) is 2.87. The van der Waals surface area contributed by atoms with E-state index in [0.29, 0.717) is 5.88 Å². The Morgan fingerprint density at radius 1 is 1.39 bits per heavy atom. The Hall–Kier alpha value is -1.89. The van der Waals surface area contributed by atoms with E-state index in [4.69, 9.17) is 4.74 Å². The van der Waals surface area contributed by atoms with E-state index in [9.17, 15) is 10.1 Å². The van der Waals surface area contributed by atoms with Crippen molar-refractivity contribution in [2.24, 2.45) is 0 Å². The summed E-state index contributed by atoms with van der Waals surface area (Å²) in [6.45, 7) is 1.74. The normalized spacial score (nSPS) is 16.3. The smallest absolute Gasteiger partial charge is 0.312 e. The van der Waals surface area contributed by atoms with Crippen LogP contribution in [0, 0.1) is 10.1 Å². The molecule has 18 heavy (non-hydrogen) atoms. The molecule has 1 N–H and O–H groups in total. The Kier molecular flexibility index (Phi) is 3.93. The van der Waals surface area contributed by atoms with Crippen molar-refractivity contribution >= 4 is 11.5 Å². The molecule has 2 heterocycles. The summed E-state index contributed by atoms with van der Waals surface area (Å²) in [6.07, 6.45) is 3.38. The number of nitrogens with one attached hydrogen (secondary N) is 1. The second kappa shape index (κ2) is 5.63. The quantitative estimate of drug-likeness (QED) is 0.650. The van der Waals surface area contributed by atoms with Gasteiger partial charge in [-0.1, -0.05) is 6.42 Å². The number of rotatable bonds is 4. The predicted molar refractivity (Wildman–Crippen MR) is 66.5 cm³/mol. The molecule has 0 spiro atoms. The maximum absolute atomic E-state index is 10.9. The Morgan fingerprint density at radius 3 is 2.72 bits per heavy atom. The largest absolute Gasteiger partial charge is 0.481 e. The van der Waals surface area contributed by atoms with Gasteiger partial charge in [0.1, 0.15) is 0 Å². The molecule has 1 saturated heterocycles. The molecule has 1 aromatic rings. The van der Waals surface area contributed by atoms with Crippen molar-refractivity contribution in [1.29, 1.82) is 0 Å². The van der Waals surface area contributed by atoms with Crippen molar-refractivity contribution in [2.45, 2.75) is 19.3 Å². The van der Waals surface area contributed by atoms with Gasteiger partial charge in [0.05, 0.1) is 12.0 Å². The van der Waals surface area contributed by atoms with Crippen LogP contribution < -0.4 is 10.2 Å². The Balaban J connectivity index is 2.19. The summed E-state index contributed by atoms with van der Waals surface area (Å²) in [7, 11) is 1.48. The average Bonchev–Trinajstić information content (AvgIpc) is 2.39. The number of pyridine rings is 1. The minimum atomic E-state index is -0.446. The van der Waals surface area contributed by atoms with E-state index in [1.165, 1.54) is 25.7 Å². The molecule has 7 heteroatoms. The van der Waals surface area contributed by atoms with Crippen molar-refractivity contribution in [1.82, 2.24) is 9.99 Å². The first-order valence-corrected chi connectivity index (χ1v) is 5.92. The molecule has 0 bridgehead atoms. The van der Waals surface area contributed by atoms with Crippen LogP contribution in [0.1, 0.15) is 19.3 Å². The lowest BCUT2D eigenvalue weighted by Gasteiger charge is -2.27. The highest BCUT2D eigenvalue weighted by atomic mass is 16.6. The summed E-state index contributed by atoms with van der Waals surface area (Å²) < 4.78 is 4.99. The van der Waals surface area contributed by atoms with Crippen molar-refractivity contribution in [3.8, 4) is 5.88 Å². The first kappa shape index (κ1) is 12.6. The van der Waals surface area contributed by atoms with E-state index in [-0.39, 0.29) is 11.5 Å². The molecule has 1 aromatic heterocycles. The summed E-state index contributed by atoms with van der Waals surface area (Å²) in [6, 6.07) is 2.89. The lowest BCUT2D eigenvalue weighted by atomic mass is 10.2. The van der Waals surface area contributed by atoms with Crippen LogP contribution in [0.4, 0.5) is 11.5 Å². The van der Waals surface area contributed by atoms with E-state index < -0.39 is 4.92 Å². The van der Waals surface area contributed by atoms with Crippen molar-refractivity contribution in [3.63, 3.8) is 0 Å². The SMILES string of the molecule is COc1ccc([N+](=O)[O-])c(NN2CCCCC2)n1. The minimum absolute atomic E-state index is 0.0404. The van der Waals surface area contributed by atoms with E-state index in [1.54, 1.807) is 0 Å². The van der Waals surface area contributed by atoms with E-state index in [1.807, 2.05) is 5.01 Å². The van der Waals surface area contributed by atoms with Gasteiger partial charge in [0.2, 0.25) is 11.7 Å². The van der Waals surface area contributed by atoms with E-state index in [0.717, 1.165) is 25.9 Å². The van der Waals surface area contributed by atoms with Crippen LogP contribution in [0.25, 0.3) is 0 Å². The van der Waals surface area contributed by atoms with Gasteiger partial charge in [-0.2, -0.15) is 4.98 Å². The number of nitro groups is 1. The minimum Gasteiger partial charge on any atom is -0.481 e. The van der Waals surface area contributed by atoms with E-state index in [2.05, 4.69) is 10.4 Å². The van der Waals surface area contributed by atoms with Gasteiger partial charge in [-0.3, -0.25) is 15.5 Å². The zero-order chi connectivity index (χ0) is 13.0. The van der Waals surface area contributed by atoms with Crippen molar-refractivity contribution in [2.75, 3.05) is 25.6 Å². The molecule has 0 saturated carbocycles. The molecular weight excluding hydrogens is 236 g/mol. The summed E-state index contributed by atoms with van der Waals surface area (Å²) >= 11 is 0. The second-order valence-electron chi connectivity index (χ2n) is 4.14. The molecule has 0 unspecified atom stereocenters. The Morgan fingerprint density at radius 2 is 2.11 bits per heavy atom. The maximum atomic E-state index is 10.9. The highest BCUT2D eigenvalue weighted by molar-refractivity contribution is 5.56. The molecular formula is C11H16N4O3. The molecule has 2 rings (SSSR count). The Labute approximate surface area is 105 Å². The number of hydrazine groups is 1. The van der Waals surface area contributed by atoms with Crippen LogP contribution >= 0.6 is 0 Å². The Bertz CT molecular complexity index is 432. The van der Waals surface area contributed by atoms with Gasteiger partial charge < -0.3 is 4.74 Å². The molecule has 0 aliphatic carbocycles. The summed E-state index contributed by atoms with van der Waals surface area (Å²) in [5, 5.41) is 12.9. The highest BCUT2D eigenvalue weighted by Gasteiger charge is 2.19. The fraction of sp³-hybridized carbons (Fsp3) is 0.545. The van der Waals surface area contributed by atoms with Gasteiger partial charge in [0, 0.05) is 25.2 Å². The molecule has 0 radical (unpaired) electrons. The number of hydrogen-bond acceptors (Lipinski definition) is 6. The first-order chi connectivity index (χ1) is 8.70. The van der Waals surface area contributed by atoms with Crippen LogP contribution in [-0.4, -0.2) is 35.1 Å². The number of methoxy groups -OCH3 is 1. The molecule has 1 fully saturated rings. The summed E-state index contributed by atoms with van der Waals surface area (Å²) in [5.41, 5.74) is 2.97. The third-order valence-electron chi connectivity index (χ3n) is 2.87. The van der Waals surface area contributed by atoms with Gasteiger partial charge in [-0.25, -0.2) is 5.01 Å². The predicted octanol–water partition coefficient (Wildman–Crippen LogP) is 1.81. The molecule has 0 amide bonds. The molecule has 0 aromatic carbocycles. The maximum Gasteiger partial charge on any atom is 0.312 e. The molecule has 0 atom stereocenters. The fourth-order valence-corrected chi connectivity index (χ4v) is 1.93. The van der Waals surface area contributed by atoms with Crippen molar-refractivity contribution in [3.05, 3.63) is 22.2 Å².